The third-order valence-electron chi connectivity index (χ3n) is 14.7. The highest BCUT2D eigenvalue weighted by Crippen LogP contribution is 2.51. The summed E-state index contributed by atoms with van der Waals surface area (Å²) < 4.78 is 10.0. The van der Waals surface area contributed by atoms with Crippen molar-refractivity contribution >= 4 is 111 Å². The smallest absolute Gasteiger partial charge is 0.297 e. The van der Waals surface area contributed by atoms with E-state index in [0.29, 0.717) is 0 Å². The van der Waals surface area contributed by atoms with Crippen molar-refractivity contribution in [2.24, 2.45) is 0 Å². The van der Waals surface area contributed by atoms with Crippen LogP contribution < -0.4 is 26.4 Å². The van der Waals surface area contributed by atoms with Gasteiger partial charge in [-0.05, 0) is 145 Å². The van der Waals surface area contributed by atoms with Crippen molar-refractivity contribution in [3.05, 3.63) is 172 Å². The lowest BCUT2D eigenvalue weighted by Crippen LogP contribution is -2.61. The number of anilines is 6. The monoisotopic (exact) mass is 920 g/mol. The topological polar surface area (TPSA) is 19.6 Å². The molecule has 3 nitrogen and oxygen atoms in total. The van der Waals surface area contributed by atoms with Gasteiger partial charge in [-0.15, -0.1) is 22.7 Å². The highest BCUT2D eigenvalue weighted by atomic mass is 32.1. The van der Waals surface area contributed by atoms with E-state index >= 15 is 0 Å². The number of hydrogen-bond donors (Lipinski definition) is 0. The van der Waals surface area contributed by atoms with Gasteiger partial charge >= 0.3 is 0 Å². The summed E-state index contributed by atoms with van der Waals surface area (Å²) in [6.45, 7) is 25.4. The Labute approximate surface area is 409 Å². The summed E-state index contributed by atoms with van der Waals surface area (Å²) in [6.07, 6.45) is 0. The van der Waals surface area contributed by atoms with Crippen molar-refractivity contribution in [1.82, 2.24) is 0 Å². The first kappa shape index (κ1) is 43.0. The van der Waals surface area contributed by atoms with Gasteiger partial charge in [0.1, 0.15) is 5.58 Å². The molecule has 12 rings (SSSR count). The first-order chi connectivity index (χ1) is 32.4. The molecule has 0 saturated carbocycles. The molecule has 7 aromatic carbocycles. The lowest BCUT2D eigenvalue weighted by molar-refractivity contribution is 0.589. The van der Waals surface area contributed by atoms with E-state index in [2.05, 4.69) is 230 Å². The van der Waals surface area contributed by atoms with Gasteiger partial charge in [0, 0.05) is 59.4 Å². The van der Waals surface area contributed by atoms with Gasteiger partial charge in [0.25, 0.3) is 6.71 Å². The number of rotatable bonds is 4. The number of fused-ring (bicyclic) bond motifs is 8. The molecule has 0 atom stereocenters. The maximum absolute atomic E-state index is 7.42. The lowest BCUT2D eigenvalue weighted by Gasteiger charge is -2.44. The molecule has 0 fully saturated rings. The predicted molar refractivity (Wildman–Crippen MR) is 297 cm³/mol. The molecule has 2 aliphatic rings. The minimum absolute atomic E-state index is 0.00366. The van der Waals surface area contributed by atoms with Crippen LogP contribution in [-0.4, -0.2) is 6.71 Å². The number of thiophene rings is 2. The van der Waals surface area contributed by atoms with Crippen LogP contribution in [0.15, 0.2) is 149 Å². The first-order valence-electron chi connectivity index (χ1n) is 24.1. The zero-order valence-corrected chi connectivity index (χ0v) is 42.7. The van der Waals surface area contributed by atoms with E-state index in [9.17, 15) is 0 Å². The molecular weight excluding hydrogens is 864 g/mol. The minimum Gasteiger partial charge on any atom is -0.468 e. The predicted octanol–water partition coefficient (Wildman–Crippen LogP) is 16.8. The number of benzene rings is 7. The van der Waals surface area contributed by atoms with Gasteiger partial charge in [0.15, 0.2) is 0 Å². The molecule has 0 spiro atoms. The van der Waals surface area contributed by atoms with Crippen molar-refractivity contribution in [2.75, 3.05) is 9.80 Å². The normalized spacial score (nSPS) is 13.7. The molecule has 10 aromatic rings. The van der Waals surface area contributed by atoms with E-state index in [1.165, 1.54) is 104 Å². The Morgan fingerprint density at radius 1 is 0.471 bits per heavy atom. The van der Waals surface area contributed by atoms with E-state index in [0.717, 1.165) is 28.0 Å². The first-order valence-corrected chi connectivity index (χ1v) is 25.8. The molecule has 0 amide bonds. The van der Waals surface area contributed by atoms with Crippen molar-refractivity contribution in [1.29, 1.82) is 0 Å². The van der Waals surface area contributed by atoms with Crippen LogP contribution in [0.5, 0.6) is 0 Å². The van der Waals surface area contributed by atoms with Gasteiger partial charge < -0.3 is 14.2 Å². The van der Waals surface area contributed by atoms with Crippen molar-refractivity contribution in [3.8, 4) is 22.3 Å². The van der Waals surface area contributed by atoms with Gasteiger partial charge in [-0.1, -0.05) is 141 Å². The molecular formula is C62H57BN2OS2. The Morgan fingerprint density at radius 3 is 1.66 bits per heavy atom. The Hall–Kier alpha value is -6.34. The van der Waals surface area contributed by atoms with Gasteiger partial charge in [0.05, 0.1) is 17.0 Å². The van der Waals surface area contributed by atoms with Crippen LogP contribution in [0.2, 0.25) is 0 Å². The Kier molecular flexibility index (Phi) is 9.53. The quantitative estimate of drug-likeness (QED) is 0.164. The van der Waals surface area contributed by atoms with Crippen LogP contribution in [0.3, 0.4) is 0 Å². The van der Waals surface area contributed by atoms with Gasteiger partial charge in [0.2, 0.25) is 0 Å². The molecule has 5 heterocycles. The molecule has 0 saturated heterocycles. The number of nitrogens with zero attached hydrogens (tertiary/aromatic N) is 2. The number of hydrogen-bond acceptors (Lipinski definition) is 5. The summed E-state index contributed by atoms with van der Waals surface area (Å²) in [5.41, 5.74) is 22.7. The van der Waals surface area contributed by atoms with Crippen LogP contribution >= 0.6 is 22.7 Å². The summed E-state index contributed by atoms with van der Waals surface area (Å²) in [4.78, 5) is 5.19. The van der Waals surface area contributed by atoms with Gasteiger partial charge in [-0.3, -0.25) is 0 Å². The zero-order valence-electron chi connectivity index (χ0n) is 41.1. The van der Waals surface area contributed by atoms with Crippen LogP contribution in [0.4, 0.5) is 34.1 Å². The summed E-state index contributed by atoms with van der Waals surface area (Å²) in [5.74, 6) is 0. The Balaban J connectivity index is 1.20. The maximum Gasteiger partial charge on any atom is 0.297 e. The van der Waals surface area contributed by atoms with Crippen molar-refractivity contribution in [2.45, 2.75) is 92.4 Å². The lowest BCUT2D eigenvalue weighted by atomic mass is 9.35. The Bertz CT molecular complexity index is 3670. The molecule has 2 aliphatic heterocycles. The summed E-state index contributed by atoms with van der Waals surface area (Å²) >= 11 is 3.64. The van der Waals surface area contributed by atoms with Crippen LogP contribution in [0.25, 0.3) is 53.4 Å². The minimum atomic E-state index is -0.163. The highest BCUT2D eigenvalue weighted by molar-refractivity contribution is 7.18. The molecule has 0 aliphatic carbocycles. The third-order valence-corrected chi connectivity index (χ3v) is 16.6. The molecule has 0 bridgehead atoms. The molecule has 0 N–H and O–H groups in total. The van der Waals surface area contributed by atoms with E-state index in [1.54, 1.807) is 0 Å². The summed E-state index contributed by atoms with van der Waals surface area (Å²) in [6, 6.07) is 50.9. The van der Waals surface area contributed by atoms with Gasteiger partial charge in [-0.2, -0.15) is 0 Å². The summed E-state index contributed by atoms with van der Waals surface area (Å²) in [7, 11) is 0. The third kappa shape index (κ3) is 6.65. The number of furan rings is 1. The zero-order chi connectivity index (χ0) is 47.2. The van der Waals surface area contributed by atoms with Gasteiger partial charge in [-0.25, -0.2) is 0 Å². The van der Waals surface area contributed by atoms with E-state index in [1.807, 2.05) is 22.7 Å². The largest absolute Gasteiger partial charge is 0.468 e. The SMILES string of the molecule is Cc1cc(C(C)(C)C)cc(C)c1N1c2cc(C(C)(C)C)cc3c2B(c2ccc(-c4csc5ccccc45)cc2N3c2cccc(-c3csc4ccccc34)c2)c2oc3ccc(C(C)(C)C)cc3c21. The van der Waals surface area contributed by atoms with E-state index < -0.39 is 0 Å². The molecule has 6 heteroatoms. The molecule has 0 unspecified atom stereocenters. The molecule has 68 heavy (non-hydrogen) atoms. The van der Waals surface area contributed by atoms with Crippen LogP contribution in [0, 0.1) is 13.8 Å². The van der Waals surface area contributed by atoms with Crippen molar-refractivity contribution in [3.63, 3.8) is 0 Å². The second kappa shape index (κ2) is 15.1. The Morgan fingerprint density at radius 2 is 1.04 bits per heavy atom. The fraction of sp³-hybridized carbons (Fsp3) is 0.226. The van der Waals surface area contributed by atoms with Crippen LogP contribution in [-0.2, 0) is 16.2 Å². The highest BCUT2D eigenvalue weighted by Gasteiger charge is 2.48. The molecule has 0 radical (unpaired) electrons. The summed E-state index contributed by atoms with van der Waals surface area (Å²) in [5, 5.41) is 8.39. The van der Waals surface area contributed by atoms with Crippen LogP contribution in [0.1, 0.15) is 90.1 Å². The second-order valence-electron chi connectivity index (χ2n) is 22.4. The standard InChI is InChI=1S/C62H57BN2OS2/c1-36-27-41(61(6,7)8)28-37(2)57(36)65-52-33-42(62(9,10)11)32-51-56(52)63(59-58(65)46-31-40(60(3,4)5)24-26-53(46)66-59)49-25-23-39(48-35-68-55-22-15-13-20-45(48)55)30-50(49)64(51)43-18-16-17-38(29-43)47-34-67-54-21-14-12-19-44(47)54/h12-35H,1-11H3. The average molecular weight is 921 g/mol. The molecule has 336 valence electrons. The number of aryl methyl sites for hydroxylation is 2. The maximum atomic E-state index is 7.42. The molecule has 3 aromatic heterocycles. The fourth-order valence-electron chi connectivity index (χ4n) is 11.0. The van der Waals surface area contributed by atoms with E-state index in [4.69, 9.17) is 4.42 Å². The van der Waals surface area contributed by atoms with Crippen molar-refractivity contribution < 1.29 is 4.42 Å². The average Bonchev–Trinajstić information content (AvgIpc) is 4.04. The fourth-order valence-corrected chi connectivity index (χ4v) is 13.0. The van der Waals surface area contributed by atoms with E-state index in [-0.39, 0.29) is 23.0 Å². The second-order valence-corrected chi connectivity index (χ2v) is 24.2.